The van der Waals surface area contributed by atoms with Crippen molar-refractivity contribution < 1.29 is 0 Å². The maximum absolute atomic E-state index is 4.54. The van der Waals surface area contributed by atoms with Crippen LogP contribution in [0.5, 0.6) is 0 Å². The summed E-state index contributed by atoms with van der Waals surface area (Å²) in [7, 11) is 0. The van der Waals surface area contributed by atoms with Crippen molar-refractivity contribution in [3.63, 3.8) is 0 Å². The molecular formula is C17H24N4. The molecule has 2 unspecified atom stereocenters. The van der Waals surface area contributed by atoms with E-state index in [0.29, 0.717) is 5.41 Å². The molecule has 1 aromatic rings. The molecule has 112 valence electrons. The Morgan fingerprint density at radius 1 is 1.19 bits per heavy atom. The van der Waals surface area contributed by atoms with Gasteiger partial charge in [-0.2, -0.15) is 0 Å². The largest absolute Gasteiger partial charge is 0.369 e. The summed E-state index contributed by atoms with van der Waals surface area (Å²) in [6.45, 7) is 3.08. The molecule has 5 aliphatic rings. The highest BCUT2D eigenvalue weighted by Gasteiger charge is 2.57. The summed E-state index contributed by atoms with van der Waals surface area (Å²) in [6, 6.07) is 0. The van der Waals surface area contributed by atoms with Crippen molar-refractivity contribution in [1.82, 2.24) is 15.3 Å². The van der Waals surface area contributed by atoms with E-state index in [-0.39, 0.29) is 0 Å². The van der Waals surface area contributed by atoms with Gasteiger partial charge in [0.2, 0.25) is 0 Å². The van der Waals surface area contributed by atoms with Gasteiger partial charge in [0, 0.05) is 18.7 Å². The van der Waals surface area contributed by atoms with E-state index in [1.165, 1.54) is 43.4 Å². The Hall–Kier alpha value is -1.16. The quantitative estimate of drug-likeness (QED) is 0.894. The van der Waals surface area contributed by atoms with E-state index >= 15 is 0 Å². The molecule has 6 rings (SSSR count). The summed E-state index contributed by atoms with van der Waals surface area (Å²) in [5.41, 5.74) is 3.14. The minimum atomic E-state index is 0.596. The number of nitrogens with one attached hydrogen (secondary N) is 2. The minimum Gasteiger partial charge on any atom is -0.369 e. The normalized spacial score (nSPS) is 39.5. The molecule has 4 heteroatoms. The Balaban J connectivity index is 1.37. The number of anilines is 1. The van der Waals surface area contributed by atoms with Gasteiger partial charge >= 0.3 is 0 Å². The second-order valence-corrected chi connectivity index (χ2v) is 7.83. The van der Waals surface area contributed by atoms with Crippen LogP contribution < -0.4 is 10.6 Å². The highest BCUT2D eigenvalue weighted by molar-refractivity contribution is 5.47. The molecule has 0 saturated heterocycles. The smallest absolute Gasteiger partial charge is 0.132 e. The Kier molecular flexibility index (Phi) is 2.61. The van der Waals surface area contributed by atoms with E-state index in [1.807, 2.05) is 0 Å². The number of nitrogens with zero attached hydrogens (tertiary/aromatic N) is 2. The minimum absolute atomic E-state index is 0.596. The first-order valence-electron chi connectivity index (χ1n) is 8.60. The van der Waals surface area contributed by atoms with Gasteiger partial charge in [0.1, 0.15) is 12.1 Å². The molecule has 4 aliphatic carbocycles. The lowest BCUT2D eigenvalue weighted by Gasteiger charge is -2.33. The highest BCUT2D eigenvalue weighted by Crippen LogP contribution is 2.65. The van der Waals surface area contributed by atoms with E-state index in [0.717, 1.165) is 49.6 Å². The van der Waals surface area contributed by atoms with Crippen LogP contribution in [0.3, 0.4) is 0 Å². The van der Waals surface area contributed by atoms with Crippen LogP contribution in [-0.4, -0.2) is 23.1 Å². The fraction of sp³-hybridized carbons (Fsp3) is 0.765. The van der Waals surface area contributed by atoms with Gasteiger partial charge in [-0.1, -0.05) is 0 Å². The first-order chi connectivity index (χ1) is 10.3. The van der Waals surface area contributed by atoms with Crippen LogP contribution in [-0.2, 0) is 13.0 Å². The van der Waals surface area contributed by atoms with Crippen molar-refractivity contribution in [3.05, 3.63) is 17.6 Å². The number of rotatable bonds is 3. The average molecular weight is 284 g/mol. The van der Waals surface area contributed by atoms with E-state index in [2.05, 4.69) is 20.6 Å². The number of fused-ring (bicyclic) bond motifs is 1. The fourth-order valence-electron chi connectivity index (χ4n) is 5.95. The molecule has 2 N–H and O–H groups in total. The maximum Gasteiger partial charge on any atom is 0.132 e. The second kappa shape index (κ2) is 4.42. The molecular weight excluding hydrogens is 260 g/mol. The summed E-state index contributed by atoms with van der Waals surface area (Å²) in [5, 5.41) is 7.13. The van der Waals surface area contributed by atoms with Crippen LogP contribution in [0.15, 0.2) is 6.33 Å². The van der Waals surface area contributed by atoms with Crippen LogP contribution in [0, 0.1) is 23.2 Å². The summed E-state index contributed by atoms with van der Waals surface area (Å²) in [6.07, 6.45) is 10.2. The number of hydrogen-bond donors (Lipinski definition) is 2. The third kappa shape index (κ3) is 1.84. The van der Waals surface area contributed by atoms with Crippen molar-refractivity contribution in [2.75, 3.05) is 18.4 Å². The van der Waals surface area contributed by atoms with Gasteiger partial charge in [-0.3, -0.25) is 0 Å². The molecule has 2 atom stereocenters. The Labute approximate surface area is 126 Å². The highest BCUT2D eigenvalue weighted by atomic mass is 15.0. The standard InChI is InChI=1S/C17H24N4/c1-2-18-8-15-14(1)16(21-10-20-15)19-9-17-6-11-3-12(7-17)5-13(17)4-11/h10-13,18H,1-9H2,(H,19,20,21). The summed E-state index contributed by atoms with van der Waals surface area (Å²) < 4.78 is 0. The molecule has 0 aromatic carbocycles. The third-order valence-corrected chi connectivity index (χ3v) is 6.65. The number of hydrogen-bond acceptors (Lipinski definition) is 4. The first-order valence-corrected chi connectivity index (χ1v) is 8.60. The molecule has 4 bridgehead atoms. The molecule has 4 nitrogen and oxygen atoms in total. The van der Waals surface area contributed by atoms with Crippen LogP contribution in [0.1, 0.15) is 43.4 Å². The van der Waals surface area contributed by atoms with Crippen molar-refractivity contribution >= 4 is 5.82 Å². The predicted molar refractivity (Wildman–Crippen MR) is 81.9 cm³/mol. The van der Waals surface area contributed by atoms with Crippen molar-refractivity contribution in [1.29, 1.82) is 0 Å². The Morgan fingerprint density at radius 3 is 2.90 bits per heavy atom. The molecule has 2 heterocycles. The van der Waals surface area contributed by atoms with Gasteiger partial charge in [0.25, 0.3) is 0 Å². The molecule has 0 amide bonds. The van der Waals surface area contributed by atoms with Gasteiger partial charge in [0.05, 0.1) is 5.69 Å². The van der Waals surface area contributed by atoms with Gasteiger partial charge in [-0.25, -0.2) is 9.97 Å². The summed E-state index contributed by atoms with van der Waals surface area (Å²) in [5.74, 6) is 4.18. The predicted octanol–water partition coefficient (Wildman–Crippen LogP) is 2.36. The maximum atomic E-state index is 4.54. The van der Waals surface area contributed by atoms with Crippen LogP contribution in [0.25, 0.3) is 0 Å². The first kappa shape index (κ1) is 12.4. The van der Waals surface area contributed by atoms with E-state index in [1.54, 1.807) is 6.33 Å². The van der Waals surface area contributed by atoms with E-state index in [9.17, 15) is 0 Å². The Morgan fingerprint density at radius 2 is 2.05 bits per heavy atom. The average Bonchev–Trinajstić information content (AvgIpc) is 2.90. The van der Waals surface area contributed by atoms with Crippen LogP contribution in [0.2, 0.25) is 0 Å². The fourth-order valence-corrected chi connectivity index (χ4v) is 5.95. The number of aromatic nitrogens is 2. The molecule has 0 spiro atoms. The van der Waals surface area contributed by atoms with Gasteiger partial charge in [-0.05, 0) is 68.2 Å². The van der Waals surface area contributed by atoms with Gasteiger partial charge in [0.15, 0.2) is 0 Å². The lowest BCUT2D eigenvalue weighted by molar-refractivity contribution is 0.215. The second-order valence-electron chi connectivity index (χ2n) is 7.83. The Bertz CT molecular complexity index is 556. The molecule has 4 fully saturated rings. The zero-order chi connectivity index (χ0) is 13.9. The molecule has 1 aliphatic heterocycles. The lowest BCUT2D eigenvalue weighted by Crippen LogP contribution is -2.32. The summed E-state index contributed by atoms with van der Waals surface area (Å²) >= 11 is 0. The van der Waals surface area contributed by atoms with Crippen LogP contribution >= 0.6 is 0 Å². The van der Waals surface area contributed by atoms with Gasteiger partial charge < -0.3 is 10.6 Å². The van der Waals surface area contributed by atoms with Crippen molar-refractivity contribution in [2.24, 2.45) is 23.2 Å². The molecule has 1 aromatic heterocycles. The monoisotopic (exact) mass is 284 g/mol. The molecule has 21 heavy (non-hydrogen) atoms. The SMILES string of the molecule is c1nc2c(c(NCC34CC5CC(CC3C5)C4)n1)CCNC2. The molecule has 4 saturated carbocycles. The van der Waals surface area contributed by atoms with E-state index in [4.69, 9.17) is 0 Å². The zero-order valence-electron chi connectivity index (χ0n) is 12.6. The lowest BCUT2D eigenvalue weighted by atomic mass is 9.75. The summed E-state index contributed by atoms with van der Waals surface area (Å²) in [4.78, 5) is 8.97. The van der Waals surface area contributed by atoms with Crippen molar-refractivity contribution in [3.8, 4) is 0 Å². The van der Waals surface area contributed by atoms with Gasteiger partial charge in [-0.15, -0.1) is 0 Å². The zero-order valence-corrected chi connectivity index (χ0v) is 12.6. The van der Waals surface area contributed by atoms with E-state index < -0.39 is 0 Å². The van der Waals surface area contributed by atoms with Crippen molar-refractivity contribution in [2.45, 2.75) is 45.1 Å². The molecule has 0 radical (unpaired) electrons. The van der Waals surface area contributed by atoms with Crippen LogP contribution in [0.4, 0.5) is 5.82 Å². The third-order valence-electron chi connectivity index (χ3n) is 6.65. The topological polar surface area (TPSA) is 49.8 Å².